The molecule has 1 aliphatic rings. The lowest BCUT2D eigenvalue weighted by Crippen LogP contribution is -2.39. The van der Waals surface area contributed by atoms with Crippen LogP contribution in [-0.2, 0) is 6.54 Å². The summed E-state index contributed by atoms with van der Waals surface area (Å²) in [7, 11) is 0. The van der Waals surface area contributed by atoms with E-state index in [0.29, 0.717) is 0 Å². The molecule has 1 N–H and O–H groups in total. The van der Waals surface area contributed by atoms with Gasteiger partial charge in [0.05, 0.1) is 0 Å². The van der Waals surface area contributed by atoms with Crippen LogP contribution in [0.25, 0.3) is 0 Å². The molecule has 1 heterocycles. The van der Waals surface area contributed by atoms with Gasteiger partial charge < -0.3 is 5.32 Å². The lowest BCUT2D eigenvalue weighted by atomic mass is 10.1. The SMILES string of the molecule is CCC1CCC(C)N1CCNCc1ccccc1. The van der Waals surface area contributed by atoms with Crippen molar-refractivity contribution in [1.29, 1.82) is 0 Å². The first-order valence-corrected chi connectivity index (χ1v) is 7.31. The Hall–Kier alpha value is -0.860. The fraction of sp³-hybridized carbons (Fsp3) is 0.625. The topological polar surface area (TPSA) is 15.3 Å². The third kappa shape index (κ3) is 3.56. The smallest absolute Gasteiger partial charge is 0.0206 e. The van der Waals surface area contributed by atoms with E-state index in [-0.39, 0.29) is 0 Å². The van der Waals surface area contributed by atoms with Gasteiger partial charge in [0.15, 0.2) is 0 Å². The Bertz CT molecular complexity index is 336. The highest BCUT2D eigenvalue weighted by Crippen LogP contribution is 2.24. The first-order chi connectivity index (χ1) is 8.81. The van der Waals surface area contributed by atoms with Crippen molar-refractivity contribution < 1.29 is 0 Å². The summed E-state index contributed by atoms with van der Waals surface area (Å²) in [6, 6.07) is 12.2. The highest BCUT2D eigenvalue weighted by Gasteiger charge is 2.28. The number of nitrogens with zero attached hydrogens (tertiary/aromatic N) is 1. The molecule has 0 amide bonds. The molecule has 2 rings (SSSR count). The summed E-state index contributed by atoms with van der Waals surface area (Å²) in [5, 5.41) is 3.55. The number of hydrogen-bond donors (Lipinski definition) is 1. The number of nitrogens with one attached hydrogen (secondary N) is 1. The van der Waals surface area contributed by atoms with E-state index in [2.05, 4.69) is 54.4 Å². The van der Waals surface area contributed by atoms with Crippen LogP contribution < -0.4 is 5.32 Å². The highest BCUT2D eigenvalue weighted by atomic mass is 15.2. The molecule has 0 aliphatic carbocycles. The molecule has 2 unspecified atom stereocenters. The molecule has 2 nitrogen and oxygen atoms in total. The quantitative estimate of drug-likeness (QED) is 0.776. The van der Waals surface area contributed by atoms with E-state index < -0.39 is 0 Å². The van der Waals surface area contributed by atoms with E-state index in [1.54, 1.807) is 0 Å². The lowest BCUT2D eigenvalue weighted by molar-refractivity contribution is 0.199. The molecule has 2 atom stereocenters. The first-order valence-electron chi connectivity index (χ1n) is 7.31. The molecule has 1 aliphatic heterocycles. The van der Waals surface area contributed by atoms with Gasteiger partial charge in [-0.1, -0.05) is 37.3 Å². The van der Waals surface area contributed by atoms with Crippen molar-refractivity contribution in [2.45, 2.75) is 51.7 Å². The second-order valence-electron chi connectivity index (χ2n) is 5.39. The van der Waals surface area contributed by atoms with Crippen molar-refractivity contribution >= 4 is 0 Å². The molecule has 0 spiro atoms. The summed E-state index contributed by atoms with van der Waals surface area (Å²) in [4.78, 5) is 2.68. The van der Waals surface area contributed by atoms with Gasteiger partial charge in [-0.05, 0) is 31.7 Å². The van der Waals surface area contributed by atoms with Gasteiger partial charge in [-0.2, -0.15) is 0 Å². The molecule has 2 heteroatoms. The summed E-state index contributed by atoms with van der Waals surface area (Å²) in [6.45, 7) is 7.95. The molecule has 0 bridgehead atoms. The van der Waals surface area contributed by atoms with Crippen molar-refractivity contribution in [3.8, 4) is 0 Å². The zero-order valence-corrected chi connectivity index (χ0v) is 11.7. The molecule has 1 saturated heterocycles. The molecule has 100 valence electrons. The van der Waals surface area contributed by atoms with Gasteiger partial charge in [-0.25, -0.2) is 0 Å². The number of likely N-dealkylation sites (tertiary alicyclic amines) is 1. The lowest BCUT2D eigenvalue weighted by Gasteiger charge is -2.27. The summed E-state index contributed by atoms with van der Waals surface area (Å²) < 4.78 is 0. The van der Waals surface area contributed by atoms with Gasteiger partial charge in [-0.15, -0.1) is 0 Å². The fourth-order valence-electron chi connectivity index (χ4n) is 3.00. The van der Waals surface area contributed by atoms with E-state index >= 15 is 0 Å². The van der Waals surface area contributed by atoms with Crippen LogP contribution in [0.15, 0.2) is 30.3 Å². The van der Waals surface area contributed by atoms with Crippen molar-refractivity contribution in [2.75, 3.05) is 13.1 Å². The van der Waals surface area contributed by atoms with Crippen LogP contribution in [-0.4, -0.2) is 30.1 Å². The number of hydrogen-bond acceptors (Lipinski definition) is 2. The standard InChI is InChI=1S/C16H26N2/c1-3-16-10-9-14(2)18(16)12-11-17-13-15-7-5-4-6-8-15/h4-8,14,16-17H,3,9-13H2,1-2H3. The Morgan fingerprint density at radius 2 is 2.00 bits per heavy atom. The van der Waals surface area contributed by atoms with Crippen LogP contribution in [0.5, 0.6) is 0 Å². The van der Waals surface area contributed by atoms with Crippen LogP contribution in [0.3, 0.4) is 0 Å². The summed E-state index contributed by atoms with van der Waals surface area (Å²) in [6.07, 6.45) is 4.05. The predicted octanol–water partition coefficient (Wildman–Crippen LogP) is 3.04. The van der Waals surface area contributed by atoms with Crippen LogP contribution in [0.2, 0.25) is 0 Å². The number of benzene rings is 1. The minimum atomic E-state index is 0.772. The van der Waals surface area contributed by atoms with Crippen LogP contribution in [0.1, 0.15) is 38.7 Å². The van der Waals surface area contributed by atoms with Crippen molar-refractivity contribution in [3.63, 3.8) is 0 Å². The second kappa shape index (κ2) is 6.91. The molecular weight excluding hydrogens is 220 g/mol. The highest BCUT2D eigenvalue weighted by molar-refractivity contribution is 5.14. The van der Waals surface area contributed by atoms with E-state index in [1.165, 1.54) is 31.4 Å². The van der Waals surface area contributed by atoms with E-state index in [1.807, 2.05) is 0 Å². The second-order valence-corrected chi connectivity index (χ2v) is 5.39. The normalized spacial score (nSPS) is 24.6. The average molecular weight is 246 g/mol. The molecule has 0 aromatic heterocycles. The summed E-state index contributed by atoms with van der Waals surface area (Å²) >= 11 is 0. The Labute approximate surface area is 111 Å². The zero-order chi connectivity index (χ0) is 12.8. The summed E-state index contributed by atoms with van der Waals surface area (Å²) in [5.74, 6) is 0. The van der Waals surface area contributed by atoms with Crippen LogP contribution in [0.4, 0.5) is 0 Å². The Kier molecular flexibility index (Phi) is 5.21. The Morgan fingerprint density at radius 3 is 2.72 bits per heavy atom. The van der Waals surface area contributed by atoms with E-state index in [9.17, 15) is 0 Å². The fourth-order valence-corrected chi connectivity index (χ4v) is 3.00. The maximum atomic E-state index is 3.55. The van der Waals surface area contributed by atoms with E-state index in [4.69, 9.17) is 0 Å². The molecule has 1 fully saturated rings. The van der Waals surface area contributed by atoms with Gasteiger partial charge in [0, 0.05) is 31.7 Å². The van der Waals surface area contributed by atoms with Crippen molar-refractivity contribution in [2.24, 2.45) is 0 Å². The van der Waals surface area contributed by atoms with E-state index in [0.717, 1.165) is 25.2 Å². The van der Waals surface area contributed by atoms with Crippen molar-refractivity contribution in [1.82, 2.24) is 10.2 Å². The number of rotatable bonds is 6. The zero-order valence-electron chi connectivity index (χ0n) is 11.7. The molecule has 1 aromatic carbocycles. The molecular formula is C16H26N2. The minimum absolute atomic E-state index is 0.772. The molecule has 1 aromatic rings. The third-order valence-electron chi connectivity index (χ3n) is 4.14. The first kappa shape index (κ1) is 13.6. The van der Waals surface area contributed by atoms with Crippen molar-refractivity contribution in [3.05, 3.63) is 35.9 Å². The third-order valence-corrected chi connectivity index (χ3v) is 4.14. The Morgan fingerprint density at radius 1 is 1.22 bits per heavy atom. The van der Waals surface area contributed by atoms with Gasteiger partial charge in [0.1, 0.15) is 0 Å². The maximum Gasteiger partial charge on any atom is 0.0206 e. The predicted molar refractivity (Wildman–Crippen MR) is 77.6 cm³/mol. The molecule has 0 radical (unpaired) electrons. The molecule has 18 heavy (non-hydrogen) atoms. The monoisotopic (exact) mass is 246 g/mol. The van der Waals surface area contributed by atoms with Crippen LogP contribution >= 0.6 is 0 Å². The van der Waals surface area contributed by atoms with Crippen LogP contribution in [0, 0.1) is 0 Å². The van der Waals surface area contributed by atoms with Gasteiger partial charge in [0.25, 0.3) is 0 Å². The summed E-state index contributed by atoms with van der Waals surface area (Å²) in [5.41, 5.74) is 1.37. The average Bonchev–Trinajstić information content (AvgIpc) is 2.77. The Balaban J connectivity index is 1.69. The van der Waals surface area contributed by atoms with Gasteiger partial charge in [0.2, 0.25) is 0 Å². The van der Waals surface area contributed by atoms with Gasteiger partial charge >= 0.3 is 0 Å². The largest absolute Gasteiger partial charge is 0.311 e. The maximum absolute atomic E-state index is 3.55. The minimum Gasteiger partial charge on any atom is -0.311 e. The molecule has 0 saturated carbocycles. The van der Waals surface area contributed by atoms with Gasteiger partial charge in [-0.3, -0.25) is 4.90 Å².